The van der Waals surface area contributed by atoms with Crippen molar-refractivity contribution in [1.82, 2.24) is 25.8 Å². The van der Waals surface area contributed by atoms with Crippen LogP contribution in [0.25, 0.3) is 0 Å². The van der Waals surface area contributed by atoms with Gasteiger partial charge in [-0.15, -0.1) is 0 Å². The van der Waals surface area contributed by atoms with E-state index in [0.717, 1.165) is 24.3 Å². The molecular formula is C21H27N5O2. The molecule has 1 aliphatic heterocycles. The van der Waals surface area contributed by atoms with E-state index in [0.29, 0.717) is 13.0 Å². The highest BCUT2D eigenvalue weighted by Gasteiger charge is 2.25. The Morgan fingerprint density at radius 2 is 1.96 bits per heavy atom. The standard InChI is InChI=1S/C21H27N5O2/c1-26(21(28)19-14-22-11-12-24-19)15-20(27)25-18(16-7-3-2-4-8-16)13-17-9-5-6-10-23-17/h2-10,18-19,22,24H,11-15H2,1H3,(H,25,27)/t18?,19-/m0/s1. The number of likely N-dealkylation sites (N-methyl/N-ethyl adjacent to an activating group) is 1. The third kappa shape index (κ3) is 5.61. The zero-order valence-corrected chi connectivity index (χ0v) is 16.1. The lowest BCUT2D eigenvalue weighted by Crippen LogP contribution is -2.56. The molecule has 0 saturated carbocycles. The summed E-state index contributed by atoms with van der Waals surface area (Å²) in [7, 11) is 1.66. The van der Waals surface area contributed by atoms with Gasteiger partial charge in [-0.1, -0.05) is 36.4 Å². The second-order valence-corrected chi connectivity index (χ2v) is 6.96. The van der Waals surface area contributed by atoms with Crippen molar-refractivity contribution >= 4 is 11.8 Å². The summed E-state index contributed by atoms with van der Waals surface area (Å²) in [6.07, 6.45) is 2.33. The number of pyridine rings is 1. The molecule has 1 aromatic carbocycles. The summed E-state index contributed by atoms with van der Waals surface area (Å²) < 4.78 is 0. The van der Waals surface area contributed by atoms with Crippen LogP contribution in [0.5, 0.6) is 0 Å². The van der Waals surface area contributed by atoms with Gasteiger partial charge in [0.2, 0.25) is 11.8 Å². The second kappa shape index (κ2) is 9.96. The van der Waals surface area contributed by atoms with Crippen LogP contribution in [0, 0.1) is 0 Å². The number of piperazine rings is 1. The average molecular weight is 381 g/mol. The maximum atomic E-state index is 12.7. The lowest BCUT2D eigenvalue weighted by molar-refractivity contribution is -0.136. The van der Waals surface area contributed by atoms with E-state index < -0.39 is 0 Å². The van der Waals surface area contributed by atoms with Crippen molar-refractivity contribution in [3.8, 4) is 0 Å². The van der Waals surface area contributed by atoms with E-state index in [1.807, 2.05) is 48.5 Å². The quantitative estimate of drug-likeness (QED) is 0.650. The first-order chi connectivity index (χ1) is 13.6. The lowest BCUT2D eigenvalue weighted by atomic mass is 10.0. The minimum Gasteiger partial charge on any atom is -0.347 e. The highest BCUT2D eigenvalue weighted by molar-refractivity contribution is 5.87. The fourth-order valence-corrected chi connectivity index (χ4v) is 3.29. The predicted octanol–water partition coefficient (Wildman–Crippen LogP) is 0.501. The Labute approximate surface area is 165 Å². The van der Waals surface area contributed by atoms with Gasteiger partial charge in [0.1, 0.15) is 0 Å². The van der Waals surface area contributed by atoms with Gasteiger partial charge in [0.15, 0.2) is 0 Å². The number of benzene rings is 1. The molecule has 3 rings (SSSR count). The van der Waals surface area contributed by atoms with Crippen LogP contribution < -0.4 is 16.0 Å². The van der Waals surface area contributed by atoms with E-state index in [1.165, 1.54) is 4.90 Å². The van der Waals surface area contributed by atoms with Crippen LogP contribution in [0.15, 0.2) is 54.7 Å². The average Bonchev–Trinajstić information content (AvgIpc) is 2.74. The highest BCUT2D eigenvalue weighted by atomic mass is 16.2. The number of hydrogen-bond acceptors (Lipinski definition) is 5. The number of carbonyl (C=O) groups excluding carboxylic acids is 2. The van der Waals surface area contributed by atoms with Crippen molar-refractivity contribution in [3.05, 3.63) is 66.0 Å². The van der Waals surface area contributed by atoms with Crippen LogP contribution >= 0.6 is 0 Å². The van der Waals surface area contributed by atoms with E-state index in [1.54, 1.807) is 13.2 Å². The molecule has 0 aliphatic carbocycles. The van der Waals surface area contributed by atoms with Crippen LogP contribution in [0.1, 0.15) is 17.3 Å². The number of carbonyl (C=O) groups is 2. The summed E-state index contributed by atoms with van der Waals surface area (Å²) in [6.45, 7) is 2.19. The zero-order valence-electron chi connectivity index (χ0n) is 16.1. The molecule has 1 fully saturated rings. The summed E-state index contributed by atoms with van der Waals surface area (Å²) in [5, 5.41) is 9.43. The molecule has 2 atom stereocenters. The molecule has 2 heterocycles. The Kier molecular flexibility index (Phi) is 7.11. The molecule has 1 aromatic heterocycles. The van der Waals surface area contributed by atoms with E-state index in [-0.39, 0.29) is 30.4 Å². The Morgan fingerprint density at radius 1 is 1.18 bits per heavy atom. The molecule has 148 valence electrons. The van der Waals surface area contributed by atoms with Gasteiger partial charge >= 0.3 is 0 Å². The summed E-state index contributed by atoms with van der Waals surface area (Å²) in [5.74, 6) is -0.271. The van der Waals surface area contributed by atoms with Crippen molar-refractivity contribution in [1.29, 1.82) is 0 Å². The van der Waals surface area contributed by atoms with Crippen molar-refractivity contribution < 1.29 is 9.59 Å². The van der Waals surface area contributed by atoms with Crippen molar-refractivity contribution in [2.75, 3.05) is 33.2 Å². The molecule has 7 nitrogen and oxygen atoms in total. The minimum absolute atomic E-state index is 0.0164. The number of nitrogens with zero attached hydrogens (tertiary/aromatic N) is 2. The summed E-state index contributed by atoms with van der Waals surface area (Å²) in [6, 6.07) is 15.1. The topological polar surface area (TPSA) is 86.4 Å². The molecular weight excluding hydrogens is 354 g/mol. The van der Waals surface area contributed by atoms with Gasteiger partial charge in [0, 0.05) is 45.0 Å². The van der Waals surface area contributed by atoms with Crippen LogP contribution in [-0.4, -0.2) is 61.0 Å². The fraction of sp³-hybridized carbons (Fsp3) is 0.381. The SMILES string of the molecule is CN(CC(=O)NC(Cc1ccccn1)c1ccccc1)C(=O)[C@@H]1CNCCN1. The number of amides is 2. The van der Waals surface area contributed by atoms with E-state index in [9.17, 15) is 9.59 Å². The first-order valence-corrected chi connectivity index (χ1v) is 9.57. The molecule has 28 heavy (non-hydrogen) atoms. The maximum absolute atomic E-state index is 12.7. The summed E-state index contributed by atoms with van der Waals surface area (Å²) in [5.41, 5.74) is 1.91. The molecule has 0 radical (unpaired) electrons. The van der Waals surface area contributed by atoms with Gasteiger partial charge in [0.25, 0.3) is 0 Å². The Balaban J connectivity index is 1.62. The van der Waals surface area contributed by atoms with Crippen LogP contribution in [0.3, 0.4) is 0 Å². The number of rotatable bonds is 7. The normalized spacial score (nSPS) is 17.5. The largest absolute Gasteiger partial charge is 0.347 e. The Hall–Kier alpha value is -2.77. The first kappa shape index (κ1) is 20.0. The maximum Gasteiger partial charge on any atom is 0.241 e. The highest BCUT2D eigenvalue weighted by Crippen LogP contribution is 2.17. The molecule has 1 aliphatic rings. The van der Waals surface area contributed by atoms with E-state index >= 15 is 0 Å². The number of aromatic nitrogens is 1. The van der Waals surface area contributed by atoms with Crippen LogP contribution in [0.4, 0.5) is 0 Å². The molecule has 0 bridgehead atoms. The fourth-order valence-electron chi connectivity index (χ4n) is 3.29. The number of hydrogen-bond donors (Lipinski definition) is 3. The van der Waals surface area contributed by atoms with Gasteiger partial charge in [0.05, 0.1) is 18.6 Å². The summed E-state index contributed by atoms with van der Waals surface area (Å²) in [4.78, 5) is 31.0. The van der Waals surface area contributed by atoms with Crippen LogP contribution in [0.2, 0.25) is 0 Å². The molecule has 1 unspecified atom stereocenters. The smallest absolute Gasteiger partial charge is 0.241 e. The predicted molar refractivity (Wildman–Crippen MR) is 108 cm³/mol. The van der Waals surface area contributed by atoms with Gasteiger partial charge < -0.3 is 20.9 Å². The molecule has 2 amide bonds. The molecule has 1 saturated heterocycles. The third-order valence-corrected chi connectivity index (χ3v) is 4.77. The molecule has 2 aromatic rings. The Morgan fingerprint density at radius 3 is 2.64 bits per heavy atom. The minimum atomic E-state index is -0.287. The molecule has 0 spiro atoms. The van der Waals surface area contributed by atoms with Crippen molar-refractivity contribution in [3.63, 3.8) is 0 Å². The van der Waals surface area contributed by atoms with Gasteiger partial charge in [-0.3, -0.25) is 14.6 Å². The second-order valence-electron chi connectivity index (χ2n) is 6.96. The van der Waals surface area contributed by atoms with Crippen molar-refractivity contribution in [2.45, 2.75) is 18.5 Å². The third-order valence-electron chi connectivity index (χ3n) is 4.77. The lowest BCUT2D eigenvalue weighted by Gasteiger charge is -2.28. The first-order valence-electron chi connectivity index (χ1n) is 9.57. The Bertz CT molecular complexity index is 763. The van der Waals surface area contributed by atoms with Crippen LogP contribution in [-0.2, 0) is 16.0 Å². The number of nitrogens with one attached hydrogen (secondary N) is 3. The summed E-state index contributed by atoms with van der Waals surface area (Å²) >= 11 is 0. The monoisotopic (exact) mass is 381 g/mol. The molecule has 7 heteroatoms. The van der Waals surface area contributed by atoms with Gasteiger partial charge in [-0.05, 0) is 17.7 Å². The molecule has 3 N–H and O–H groups in total. The van der Waals surface area contributed by atoms with Crippen molar-refractivity contribution in [2.24, 2.45) is 0 Å². The van der Waals surface area contributed by atoms with E-state index in [4.69, 9.17) is 0 Å². The van der Waals surface area contributed by atoms with E-state index in [2.05, 4.69) is 20.9 Å². The van der Waals surface area contributed by atoms with Gasteiger partial charge in [-0.2, -0.15) is 0 Å². The zero-order chi connectivity index (χ0) is 19.8. The van der Waals surface area contributed by atoms with Gasteiger partial charge in [-0.25, -0.2) is 0 Å².